The fourth-order valence-electron chi connectivity index (χ4n) is 1.36. The summed E-state index contributed by atoms with van der Waals surface area (Å²) in [4.78, 5) is 0.375. The van der Waals surface area contributed by atoms with Crippen LogP contribution in [0.1, 0.15) is 19.4 Å². The van der Waals surface area contributed by atoms with Gasteiger partial charge in [0.15, 0.2) is 9.84 Å². The van der Waals surface area contributed by atoms with Crippen molar-refractivity contribution in [3.8, 4) is 0 Å². The molecule has 0 saturated carbocycles. The minimum Gasteiger partial charge on any atom is -0.312 e. The molecule has 0 unspecified atom stereocenters. The predicted molar refractivity (Wildman–Crippen MR) is 66.1 cm³/mol. The molecule has 0 aliphatic rings. The number of hydrogen-bond donors (Lipinski definition) is 1. The number of hydrogen-bond acceptors (Lipinski definition) is 3. The third kappa shape index (κ3) is 4.33. The van der Waals surface area contributed by atoms with Crippen LogP contribution in [0.15, 0.2) is 29.2 Å². The highest BCUT2D eigenvalue weighted by atomic mass is 32.2. The summed E-state index contributed by atoms with van der Waals surface area (Å²) in [5, 5.41) is 3.31. The molecule has 0 aliphatic heterocycles. The Balaban J connectivity index is 2.59. The normalized spacial score (nSPS) is 12.0. The topological polar surface area (TPSA) is 46.2 Å². The molecule has 0 saturated heterocycles. The average molecular weight is 241 g/mol. The summed E-state index contributed by atoms with van der Waals surface area (Å²) >= 11 is 0. The Morgan fingerprint density at radius 2 is 1.75 bits per heavy atom. The number of sulfone groups is 1. The Bertz CT molecular complexity index is 421. The molecule has 90 valence electrons. The van der Waals surface area contributed by atoms with Gasteiger partial charge < -0.3 is 5.32 Å². The lowest BCUT2D eigenvalue weighted by molar-refractivity contribution is 0.552. The molecule has 0 fully saturated rings. The lowest BCUT2D eigenvalue weighted by Gasteiger charge is -2.07. The van der Waals surface area contributed by atoms with Gasteiger partial charge in [0.2, 0.25) is 0 Å². The van der Waals surface area contributed by atoms with E-state index in [1.807, 2.05) is 12.1 Å². The smallest absolute Gasteiger partial charge is 0.175 e. The highest BCUT2D eigenvalue weighted by molar-refractivity contribution is 7.90. The van der Waals surface area contributed by atoms with Crippen LogP contribution in [0.2, 0.25) is 0 Å². The summed E-state index contributed by atoms with van der Waals surface area (Å²) in [6, 6.07) is 7.01. The Hall–Kier alpha value is -0.870. The van der Waals surface area contributed by atoms with Gasteiger partial charge in [0, 0.05) is 12.8 Å². The third-order valence-corrected chi connectivity index (χ3v) is 3.36. The molecule has 1 aromatic carbocycles. The molecule has 4 heteroatoms. The maximum atomic E-state index is 11.2. The lowest BCUT2D eigenvalue weighted by atomic mass is 10.2. The molecule has 1 aromatic rings. The summed E-state index contributed by atoms with van der Waals surface area (Å²) < 4.78 is 22.5. The molecule has 0 aliphatic carbocycles. The van der Waals surface area contributed by atoms with Gasteiger partial charge in [-0.05, 0) is 30.2 Å². The van der Waals surface area contributed by atoms with Gasteiger partial charge in [-0.2, -0.15) is 0 Å². The first-order chi connectivity index (χ1) is 7.39. The van der Waals surface area contributed by atoms with Crippen molar-refractivity contribution in [2.75, 3.05) is 12.8 Å². The predicted octanol–water partition coefficient (Wildman–Crippen LogP) is 1.84. The highest BCUT2D eigenvalue weighted by Crippen LogP contribution is 2.10. The maximum absolute atomic E-state index is 11.2. The van der Waals surface area contributed by atoms with Gasteiger partial charge in [-0.15, -0.1) is 0 Å². The van der Waals surface area contributed by atoms with Gasteiger partial charge in [-0.1, -0.05) is 26.0 Å². The molecule has 1 rings (SSSR count). The van der Waals surface area contributed by atoms with Crippen LogP contribution in [0, 0.1) is 5.92 Å². The standard InChI is InChI=1S/C12H19NO2S/c1-10(2)8-13-9-11-4-6-12(7-5-11)16(3,14)15/h4-7,10,13H,8-9H2,1-3H3. The molecule has 3 nitrogen and oxygen atoms in total. The van der Waals surface area contributed by atoms with E-state index in [1.54, 1.807) is 12.1 Å². The van der Waals surface area contributed by atoms with Gasteiger partial charge in [0.1, 0.15) is 0 Å². The van der Waals surface area contributed by atoms with Crippen LogP contribution in [0.3, 0.4) is 0 Å². The van der Waals surface area contributed by atoms with Crippen molar-refractivity contribution in [1.29, 1.82) is 0 Å². The van der Waals surface area contributed by atoms with Crippen molar-refractivity contribution in [2.45, 2.75) is 25.3 Å². The van der Waals surface area contributed by atoms with Crippen molar-refractivity contribution in [1.82, 2.24) is 5.32 Å². The van der Waals surface area contributed by atoms with E-state index in [4.69, 9.17) is 0 Å². The van der Waals surface area contributed by atoms with Gasteiger partial charge in [-0.3, -0.25) is 0 Å². The molecule has 0 amide bonds. The third-order valence-electron chi connectivity index (χ3n) is 2.23. The van der Waals surface area contributed by atoms with Crippen LogP contribution in [0.25, 0.3) is 0 Å². The molecule has 0 radical (unpaired) electrons. The SMILES string of the molecule is CC(C)CNCc1ccc(S(C)(=O)=O)cc1. The van der Waals surface area contributed by atoms with Crippen LogP contribution in [0.4, 0.5) is 0 Å². The maximum Gasteiger partial charge on any atom is 0.175 e. The average Bonchev–Trinajstić information content (AvgIpc) is 2.16. The van der Waals surface area contributed by atoms with Crippen molar-refractivity contribution >= 4 is 9.84 Å². The summed E-state index contributed by atoms with van der Waals surface area (Å²) in [6.07, 6.45) is 1.22. The van der Waals surface area contributed by atoms with Crippen molar-refractivity contribution in [2.24, 2.45) is 5.92 Å². The van der Waals surface area contributed by atoms with E-state index in [0.29, 0.717) is 10.8 Å². The highest BCUT2D eigenvalue weighted by Gasteiger charge is 2.05. The van der Waals surface area contributed by atoms with E-state index in [1.165, 1.54) is 6.26 Å². The summed E-state index contributed by atoms with van der Waals surface area (Å²) in [5.74, 6) is 0.621. The van der Waals surface area contributed by atoms with E-state index in [9.17, 15) is 8.42 Å². The Kier molecular flexibility index (Phi) is 4.50. The van der Waals surface area contributed by atoms with Crippen molar-refractivity contribution in [3.63, 3.8) is 0 Å². The number of benzene rings is 1. The zero-order valence-electron chi connectivity index (χ0n) is 10.0. The quantitative estimate of drug-likeness (QED) is 0.855. The first-order valence-corrected chi connectivity index (χ1v) is 7.28. The monoisotopic (exact) mass is 241 g/mol. The van der Waals surface area contributed by atoms with E-state index in [-0.39, 0.29) is 0 Å². The molecule has 16 heavy (non-hydrogen) atoms. The van der Waals surface area contributed by atoms with Crippen molar-refractivity contribution in [3.05, 3.63) is 29.8 Å². The summed E-state index contributed by atoms with van der Waals surface area (Å²) in [6.45, 7) is 6.05. The summed E-state index contributed by atoms with van der Waals surface area (Å²) in [5.41, 5.74) is 1.10. The number of rotatable bonds is 5. The Morgan fingerprint density at radius 3 is 2.19 bits per heavy atom. The lowest BCUT2D eigenvalue weighted by Crippen LogP contribution is -2.18. The largest absolute Gasteiger partial charge is 0.312 e. The molecule has 0 heterocycles. The van der Waals surface area contributed by atoms with E-state index < -0.39 is 9.84 Å². The molecule has 0 aromatic heterocycles. The van der Waals surface area contributed by atoms with E-state index >= 15 is 0 Å². The van der Waals surface area contributed by atoms with Crippen molar-refractivity contribution < 1.29 is 8.42 Å². The van der Waals surface area contributed by atoms with Crippen LogP contribution >= 0.6 is 0 Å². The number of nitrogens with one attached hydrogen (secondary N) is 1. The van der Waals surface area contributed by atoms with Gasteiger partial charge >= 0.3 is 0 Å². The van der Waals surface area contributed by atoms with Crippen LogP contribution < -0.4 is 5.32 Å². The zero-order chi connectivity index (χ0) is 12.2. The van der Waals surface area contributed by atoms with Gasteiger partial charge in [0.05, 0.1) is 4.90 Å². The van der Waals surface area contributed by atoms with E-state index in [2.05, 4.69) is 19.2 Å². The zero-order valence-corrected chi connectivity index (χ0v) is 10.8. The minimum absolute atomic E-state index is 0.375. The minimum atomic E-state index is -3.07. The fourth-order valence-corrected chi connectivity index (χ4v) is 1.99. The molecule has 0 atom stereocenters. The first kappa shape index (κ1) is 13.2. The first-order valence-electron chi connectivity index (χ1n) is 5.39. The van der Waals surface area contributed by atoms with Crippen LogP contribution in [0.5, 0.6) is 0 Å². The molecular weight excluding hydrogens is 222 g/mol. The van der Waals surface area contributed by atoms with E-state index in [0.717, 1.165) is 18.7 Å². The molecule has 0 spiro atoms. The van der Waals surface area contributed by atoms with Gasteiger partial charge in [-0.25, -0.2) is 8.42 Å². The second kappa shape index (κ2) is 5.46. The molecular formula is C12H19NO2S. The second-order valence-electron chi connectivity index (χ2n) is 4.44. The summed E-state index contributed by atoms with van der Waals surface area (Å²) in [7, 11) is -3.07. The van der Waals surface area contributed by atoms with Crippen LogP contribution in [-0.4, -0.2) is 21.2 Å². The Morgan fingerprint density at radius 1 is 1.19 bits per heavy atom. The fraction of sp³-hybridized carbons (Fsp3) is 0.500. The Labute approximate surface area is 97.8 Å². The molecule has 1 N–H and O–H groups in total. The van der Waals surface area contributed by atoms with Crippen LogP contribution in [-0.2, 0) is 16.4 Å². The molecule has 0 bridgehead atoms. The van der Waals surface area contributed by atoms with Gasteiger partial charge in [0.25, 0.3) is 0 Å². The second-order valence-corrected chi connectivity index (χ2v) is 6.46.